The van der Waals surface area contributed by atoms with Gasteiger partial charge in [0.1, 0.15) is 17.6 Å². The van der Waals surface area contributed by atoms with E-state index in [1.165, 1.54) is 12.1 Å². The summed E-state index contributed by atoms with van der Waals surface area (Å²) in [7, 11) is 0. The van der Waals surface area contributed by atoms with Gasteiger partial charge in [0.25, 0.3) is 17.7 Å². The molecule has 2 aromatic carbocycles. The molecule has 0 heterocycles. The van der Waals surface area contributed by atoms with E-state index in [4.69, 9.17) is 4.74 Å². The van der Waals surface area contributed by atoms with Crippen molar-refractivity contribution in [3.63, 3.8) is 0 Å². The van der Waals surface area contributed by atoms with Crippen LogP contribution in [0.3, 0.4) is 0 Å². The first kappa shape index (κ1) is 21.9. The lowest BCUT2D eigenvalue weighted by molar-refractivity contribution is -0.124. The minimum absolute atomic E-state index is 0.186. The van der Waals surface area contributed by atoms with Gasteiger partial charge in [0.2, 0.25) is 0 Å². The van der Waals surface area contributed by atoms with Crippen molar-refractivity contribution in [1.29, 1.82) is 0 Å². The molecule has 3 N–H and O–H groups in total. The van der Waals surface area contributed by atoms with E-state index < -0.39 is 29.6 Å². The van der Waals surface area contributed by atoms with Gasteiger partial charge >= 0.3 is 0 Å². The number of halogens is 1. The van der Waals surface area contributed by atoms with Gasteiger partial charge in [-0.3, -0.25) is 25.2 Å². The molecule has 2 rings (SSSR count). The van der Waals surface area contributed by atoms with Gasteiger partial charge in [-0.05, 0) is 61.4 Å². The van der Waals surface area contributed by atoms with E-state index in [-0.39, 0.29) is 11.5 Å². The smallest absolute Gasteiger partial charge is 0.269 e. The molecule has 0 bridgehead atoms. The zero-order valence-corrected chi connectivity index (χ0v) is 16.5. The molecule has 3 amide bonds. The molecule has 0 aliphatic carbocycles. The van der Waals surface area contributed by atoms with Crippen molar-refractivity contribution in [1.82, 2.24) is 16.2 Å². The van der Waals surface area contributed by atoms with Crippen LogP contribution in [0.5, 0.6) is 5.75 Å². The molecular weight excluding hydrogens is 377 g/mol. The minimum Gasteiger partial charge on any atom is -0.494 e. The molecule has 2 aromatic rings. The van der Waals surface area contributed by atoms with Crippen molar-refractivity contribution >= 4 is 17.7 Å². The molecule has 29 heavy (non-hydrogen) atoms. The molecule has 0 radical (unpaired) electrons. The molecule has 0 aliphatic heterocycles. The van der Waals surface area contributed by atoms with E-state index in [1.807, 2.05) is 6.92 Å². The fourth-order valence-corrected chi connectivity index (χ4v) is 2.50. The Morgan fingerprint density at radius 1 is 0.897 bits per heavy atom. The standard InChI is InChI=1S/C21H24FN3O4/c1-4-29-17-11-7-14(8-12-17)19(26)23-18(13(2)3)21(28)25-24-20(27)15-5-9-16(22)10-6-15/h5-13,18H,4H2,1-3H3,(H,23,26)(H,24,27)(H,25,28)/t18-/m0/s1. The van der Waals surface area contributed by atoms with E-state index >= 15 is 0 Å². The monoisotopic (exact) mass is 401 g/mol. The van der Waals surface area contributed by atoms with Crippen molar-refractivity contribution in [3.05, 3.63) is 65.5 Å². The molecule has 0 saturated heterocycles. The molecule has 1 atom stereocenters. The van der Waals surface area contributed by atoms with Gasteiger partial charge in [0.15, 0.2) is 0 Å². The van der Waals surface area contributed by atoms with Crippen molar-refractivity contribution in [2.45, 2.75) is 26.8 Å². The van der Waals surface area contributed by atoms with Crippen LogP contribution in [0.25, 0.3) is 0 Å². The van der Waals surface area contributed by atoms with Gasteiger partial charge in [-0.25, -0.2) is 4.39 Å². The summed E-state index contributed by atoms with van der Waals surface area (Å²) in [6, 6.07) is 10.6. The van der Waals surface area contributed by atoms with Crippen molar-refractivity contribution in [3.8, 4) is 5.75 Å². The summed E-state index contributed by atoms with van der Waals surface area (Å²) in [5, 5.41) is 2.66. The van der Waals surface area contributed by atoms with E-state index in [1.54, 1.807) is 38.1 Å². The molecular formula is C21H24FN3O4. The highest BCUT2D eigenvalue weighted by Crippen LogP contribution is 2.13. The summed E-state index contributed by atoms with van der Waals surface area (Å²) in [5.74, 6) is -1.65. The van der Waals surface area contributed by atoms with Gasteiger partial charge in [-0.1, -0.05) is 13.8 Å². The van der Waals surface area contributed by atoms with Crippen molar-refractivity contribution in [2.24, 2.45) is 5.92 Å². The largest absolute Gasteiger partial charge is 0.494 e. The predicted octanol–water partition coefficient (Wildman–Crippen LogP) is 2.44. The summed E-state index contributed by atoms with van der Waals surface area (Å²) in [6.45, 7) is 5.92. The fraction of sp³-hybridized carbons (Fsp3) is 0.286. The number of hydrazine groups is 1. The molecule has 0 fully saturated rings. The summed E-state index contributed by atoms with van der Waals surface area (Å²) in [5.41, 5.74) is 5.12. The topological polar surface area (TPSA) is 96.5 Å². The molecule has 0 unspecified atom stereocenters. The molecule has 8 heteroatoms. The minimum atomic E-state index is -0.873. The molecule has 7 nitrogen and oxygen atoms in total. The van der Waals surface area contributed by atoms with Gasteiger partial charge in [-0.2, -0.15) is 0 Å². The van der Waals surface area contributed by atoms with Crippen LogP contribution >= 0.6 is 0 Å². The maximum absolute atomic E-state index is 12.9. The van der Waals surface area contributed by atoms with E-state index in [0.717, 1.165) is 12.1 Å². The Hall–Kier alpha value is -3.42. The third-order valence-corrected chi connectivity index (χ3v) is 4.07. The Labute approximate surface area is 168 Å². The van der Waals surface area contributed by atoms with Crippen LogP contribution in [0.4, 0.5) is 4.39 Å². The lowest BCUT2D eigenvalue weighted by Gasteiger charge is -2.22. The molecule has 0 spiro atoms. The summed E-state index contributed by atoms with van der Waals surface area (Å²) >= 11 is 0. The number of ether oxygens (including phenoxy) is 1. The maximum Gasteiger partial charge on any atom is 0.269 e. The Morgan fingerprint density at radius 3 is 2.00 bits per heavy atom. The highest BCUT2D eigenvalue weighted by Gasteiger charge is 2.25. The maximum atomic E-state index is 12.9. The first-order valence-corrected chi connectivity index (χ1v) is 9.21. The number of amides is 3. The first-order valence-electron chi connectivity index (χ1n) is 9.21. The second kappa shape index (κ2) is 10.2. The van der Waals surface area contributed by atoms with Crippen molar-refractivity contribution in [2.75, 3.05) is 6.61 Å². The Bertz CT molecular complexity index is 851. The first-order chi connectivity index (χ1) is 13.8. The normalized spacial score (nSPS) is 11.5. The summed E-state index contributed by atoms with van der Waals surface area (Å²) < 4.78 is 18.3. The Morgan fingerprint density at radius 2 is 1.45 bits per heavy atom. The quantitative estimate of drug-likeness (QED) is 0.621. The number of carbonyl (C=O) groups is 3. The van der Waals surface area contributed by atoms with Crippen LogP contribution in [0.1, 0.15) is 41.5 Å². The second-order valence-electron chi connectivity index (χ2n) is 6.60. The summed E-state index contributed by atoms with van der Waals surface area (Å²) in [6.07, 6.45) is 0. The number of nitrogens with one attached hydrogen (secondary N) is 3. The number of hydrogen-bond acceptors (Lipinski definition) is 4. The third-order valence-electron chi connectivity index (χ3n) is 4.07. The Balaban J connectivity index is 1.96. The average molecular weight is 401 g/mol. The molecule has 0 saturated carbocycles. The highest BCUT2D eigenvalue weighted by atomic mass is 19.1. The van der Waals surface area contributed by atoms with E-state index in [0.29, 0.717) is 17.9 Å². The number of hydrogen-bond donors (Lipinski definition) is 3. The fourth-order valence-electron chi connectivity index (χ4n) is 2.50. The summed E-state index contributed by atoms with van der Waals surface area (Å²) in [4.78, 5) is 37.0. The van der Waals surface area contributed by atoms with Gasteiger partial charge in [0, 0.05) is 11.1 Å². The number of rotatable bonds is 7. The zero-order chi connectivity index (χ0) is 21.4. The lowest BCUT2D eigenvalue weighted by Crippen LogP contribution is -2.54. The second-order valence-corrected chi connectivity index (χ2v) is 6.60. The molecule has 0 aliphatic rings. The number of carbonyl (C=O) groups excluding carboxylic acids is 3. The van der Waals surface area contributed by atoms with Crippen LogP contribution in [0.2, 0.25) is 0 Å². The number of benzene rings is 2. The van der Waals surface area contributed by atoms with Crippen molar-refractivity contribution < 1.29 is 23.5 Å². The van der Waals surface area contributed by atoms with Gasteiger partial charge in [0.05, 0.1) is 6.61 Å². The van der Waals surface area contributed by atoms with Crippen LogP contribution in [0.15, 0.2) is 48.5 Å². The zero-order valence-electron chi connectivity index (χ0n) is 16.5. The Kier molecular flexibility index (Phi) is 7.70. The lowest BCUT2D eigenvalue weighted by atomic mass is 10.0. The predicted molar refractivity (Wildman–Crippen MR) is 106 cm³/mol. The highest BCUT2D eigenvalue weighted by molar-refractivity contribution is 5.99. The van der Waals surface area contributed by atoms with Crippen LogP contribution in [-0.2, 0) is 4.79 Å². The van der Waals surface area contributed by atoms with E-state index in [9.17, 15) is 18.8 Å². The molecule has 0 aromatic heterocycles. The third kappa shape index (κ3) is 6.31. The van der Waals surface area contributed by atoms with Gasteiger partial charge < -0.3 is 10.1 Å². The molecule has 154 valence electrons. The van der Waals surface area contributed by atoms with Crippen LogP contribution in [0, 0.1) is 11.7 Å². The van der Waals surface area contributed by atoms with E-state index in [2.05, 4.69) is 16.2 Å². The average Bonchev–Trinajstić information content (AvgIpc) is 2.71. The van der Waals surface area contributed by atoms with Crippen LogP contribution < -0.4 is 20.9 Å². The SMILES string of the molecule is CCOc1ccc(C(=O)N[C@H](C(=O)NNC(=O)c2ccc(F)cc2)C(C)C)cc1. The van der Waals surface area contributed by atoms with Crippen LogP contribution in [-0.4, -0.2) is 30.4 Å². The van der Waals surface area contributed by atoms with Gasteiger partial charge in [-0.15, -0.1) is 0 Å².